The molecule has 0 spiro atoms. The molecule has 3 aromatic rings. The van der Waals surface area contributed by atoms with Gasteiger partial charge in [-0.05, 0) is 78.3 Å². The van der Waals surface area contributed by atoms with Crippen molar-refractivity contribution in [1.82, 2.24) is 4.98 Å². The van der Waals surface area contributed by atoms with E-state index in [4.69, 9.17) is 19.2 Å². The average molecular weight is 488 g/mol. The lowest BCUT2D eigenvalue weighted by Crippen LogP contribution is -2.14. The van der Waals surface area contributed by atoms with Crippen molar-refractivity contribution in [1.29, 1.82) is 0 Å². The minimum absolute atomic E-state index is 0.0684. The van der Waals surface area contributed by atoms with E-state index in [-0.39, 0.29) is 18.6 Å². The van der Waals surface area contributed by atoms with E-state index in [0.29, 0.717) is 6.42 Å². The number of carbonyl (C=O) groups is 1. The van der Waals surface area contributed by atoms with Gasteiger partial charge in [-0.25, -0.2) is 0 Å². The Balaban J connectivity index is 1.59. The molecule has 0 fully saturated rings. The minimum Gasteiger partial charge on any atom is -0.497 e. The van der Waals surface area contributed by atoms with Crippen molar-refractivity contribution in [2.24, 2.45) is 5.92 Å². The van der Waals surface area contributed by atoms with Gasteiger partial charge in [-0.1, -0.05) is 38.5 Å². The maximum Gasteiger partial charge on any atom is 0.306 e. The number of hydrogen-bond donors (Lipinski definition) is 1. The van der Waals surface area contributed by atoms with Crippen LogP contribution in [0.1, 0.15) is 78.6 Å². The van der Waals surface area contributed by atoms with Gasteiger partial charge in [0.05, 0.1) is 18.7 Å². The fourth-order valence-electron chi connectivity index (χ4n) is 5.44. The lowest BCUT2D eigenvalue weighted by Gasteiger charge is -2.19. The summed E-state index contributed by atoms with van der Waals surface area (Å²) in [7, 11) is 1.64. The molecule has 2 heterocycles. The molecule has 5 rings (SSSR count). The maximum absolute atomic E-state index is 11.7. The third kappa shape index (κ3) is 4.64. The first-order valence-electron chi connectivity index (χ1n) is 12.8. The van der Waals surface area contributed by atoms with Crippen molar-refractivity contribution in [2.75, 3.05) is 13.9 Å². The second-order valence-electron chi connectivity index (χ2n) is 9.84. The number of nitrogens with zero attached hydrogens (tertiary/aromatic N) is 1. The second kappa shape index (κ2) is 10.2. The van der Waals surface area contributed by atoms with Crippen molar-refractivity contribution >= 4 is 5.97 Å². The summed E-state index contributed by atoms with van der Waals surface area (Å²) >= 11 is 0. The third-order valence-corrected chi connectivity index (χ3v) is 7.45. The number of rotatable bonds is 9. The van der Waals surface area contributed by atoms with Crippen LogP contribution in [0.25, 0.3) is 0 Å². The summed E-state index contributed by atoms with van der Waals surface area (Å²) < 4.78 is 16.7. The van der Waals surface area contributed by atoms with Gasteiger partial charge < -0.3 is 19.3 Å². The summed E-state index contributed by atoms with van der Waals surface area (Å²) in [6, 6.07) is 16.7. The van der Waals surface area contributed by atoms with E-state index >= 15 is 0 Å². The van der Waals surface area contributed by atoms with Crippen LogP contribution in [0.2, 0.25) is 0 Å². The van der Waals surface area contributed by atoms with Gasteiger partial charge in [0.1, 0.15) is 5.75 Å². The molecule has 6 heteroatoms. The molecular weight excluding hydrogens is 454 g/mol. The van der Waals surface area contributed by atoms with Gasteiger partial charge in [-0.15, -0.1) is 0 Å². The Hall–Kier alpha value is -3.54. The number of aryl methyl sites for hydroxylation is 1. The van der Waals surface area contributed by atoms with Gasteiger partial charge in [-0.3, -0.25) is 9.78 Å². The average Bonchev–Trinajstić information content (AvgIpc) is 3.51. The zero-order chi connectivity index (χ0) is 25.2. The Bertz CT molecular complexity index is 1270. The molecule has 1 unspecified atom stereocenters. The molecule has 1 aromatic heterocycles. The number of methoxy groups -OCH3 is 1. The Labute approximate surface area is 212 Å². The lowest BCUT2D eigenvalue weighted by atomic mass is 9.86. The van der Waals surface area contributed by atoms with Crippen LogP contribution in [0.5, 0.6) is 17.2 Å². The second-order valence-corrected chi connectivity index (χ2v) is 9.84. The van der Waals surface area contributed by atoms with Crippen LogP contribution < -0.4 is 14.2 Å². The quantitative estimate of drug-likeness (QED) is 0.393. The molecule has 1 N–H and O–H groups in total. The van der Waals surface area contributed by atoms with Gasteiger partial charge in [0.15, 0.2) is 11.5 Å². The number of carboxylic acids is 1. The summed E-state index contributed by atoms with van der Waals surface area (Å²) in [6.45, 7) is 4.20. The Morgan fingerprint density at radius 3 is 2.67 bits per heavy atom. The highest BCUT2D eigenvalue weighted by atomic mass is 16.7. The van der Waals surface area contributed by atoms with E-state index in [1.807, 2.05) is 18.2 Å². The molecule has 3 atom stereocenters. The summed E-state index contributed by atoms with van der Waals surface area (Å²) in [6.07, 6.45) is 4.48. The van der Waals surface area contributed by atoms with Crippen molar-refractivity contribution in [3.8, 4) is 17.2 Å². The molecule has 2 aliphatic rings. The summed E-state index contributed by atoms with van der Waals surface area (Å²) in [5.41, 5.74) is 6.76. The number of aliphatic carboxylic acids is 1. The Morgan fingerprint density at radius 1 is 1.08 bits per heavy atom. The largest absolute Gasteiger partial charge is 0.497 e. The Kier molecular flexibility index (Phi) is 6.86. The normalized spacial score (nSPS) is 18.6. The van der Waals surface area contributed by atoms with Crippen molar-refractivity contribution in [3.05, 3.63) is 82.2 Å². The van der Waals surface area contributed by atoms with Crippen molar-refractivity contribution in [3.63, 3.8) is 0 Å². The molecule has 0 radical (unpaired) electrons. The molecule has 1 aliphatic carbocycles. The summed E-state index contributed by atoms with van der Waals surface area (Å²) in [4.78, 5) is 16.9. The molecule has 0 amide bonds. The summed E-state index contributed by atoms with van der Waals surface area (Å²) in [5, 5.41) is 9.60. The standard InChI is InChI=1S/C30H33NO5/c1-4-5-6-21-8-10-24-25(19-7-12-27-28(15-19)36-17-35-27)16-26(29(24)31-21)23-11-9-22(34-3)14-20(23)13-18(2)30(32)33/h7-12,14-15,18,25-26H,4-6,13,16-17H2,1-3H3,(H,32,33)/t18?,25-,26+/m0/s1. The number of unbranched alkanes of at least 4 members (excludes halogenated alkanes) is 1. The predicted molar refractivity (Wildman–Crippen MR) is 137 cm³/mol. The maximum atomic E-state index is 11.7. The zero-order valence-electron chi connectivity index (χ0n) is 21.1. The highest BCUT2D eigenvalue weighted by molar-refractivity contribution is 5.70. The molecule has 1 aliphatic heterocycles. The fraction of sp³-hybridized carbons (Fsp3) is 0.400. The number of ether oxygens (including phenoxy) is 3. The lowest BCUT2D eigenvalue weighted by molar-refractivity contribution is -0.141. The zero-order valence-corrected chi connectivity index (χ0v) is 21.1. The van der Waals surface area contributed by atoms with E-state index in [9.17, 15) is 9.90 Å². The van der Waals surface area contributed by atoms with E-state index < -0.39 is 11.9 Å². The number of fused-ring (bicyclic) bond motifs is 2. The SMILES string of the molecule is CCCCc1ccc2c(n1)[C@@H](c1ccc(OC)cc1CC(C)C(=O)O)C[C@H]2c1ccc2c(c1)OCO2. The smallest absolute Gasteiger partial charge is 0.306 e. The van der Waals surface area contributed by atoms with Gasteiger partial charge in [0.2, 0.25) is 6.79 Å². The molecule has 36 heavy (non-hydrogen) atoms. The predicted octanol–water partition coefficient (Wildman–Crippen LogP) is 6.09. The molecule has 2 aromatic carbocycles. The van der Waals surface area contributed by atoms with E-state index in [0.717, 1.165) is 65.4 Å². The van der Waals surface area contributed by atoms with E-state index in [1.54, 1.807) is 14.0 Å². The minimum atomic E-state index is -0.797. The van der Waals surface area contributed by atoms with Gasteiger partial charge in [0.25, 0.3) is 0 Å². The number of pyridine rings is 1. The number of aromatic nitrogens is 1. The van der Waals surface area contributed by atoms with E-state index in [2.05, 4.69) is 37.3 Å². The number of hydrogen-bond acceptors (Lipinski definition) is 5. The Morgan fingerprint density at radius 2 is 1.89 bits per heavy atom. The number of carboxylic acid groups (broad SMARTS) is 1. The first kappa shape index (κ1) is 24.2. The van der Waals surface area contributed by atoms with Gasteiger partial charge in [-0.2, -0.15) is 0 Å². The molecule has 6 nitrogen and oxygen atoms in total. The van der Waals surface area contributed by atoms with Crippen LogP contribution in [0.15, 0.2) is 48.5 Å². The van der Waals surface area contributed by atoms with Crippen LogP contribution in [-0.2, 0) is 17.6 Å². The van der Waals surface area contributed by atoms with Crippen molar-refractivity contribution in [2.45, 2.75) is 57.8 Å². The molecule has 0 bridgehead atoms. The van der Waals surface area contributed by atoms with Crippen LogP contribution in [0, 0.1) is 5.92 Å². The third-order valence-electron chi connectivity index (χ3n) is 7.45. The molecule has 0 saturated carbocycles. The highest BCUT2D eigenvalue weighted by Crippen LogP contribution is 2.50. The number of benzene rings is 2. The fourth-order valence-corrected chi connectivity index (χ4v) is 5.44. The van der Waals surface area contributed by atoms with Gasteiger partial charge >= 0.3 is 5.97 Å². The molecule has 188 valence electrons. The first-order valence-corrected chi connectivity index (χ1v) is 12.8. The molecule has 0 saturated heterocycles. The van der Waals surface area contributed by atoms with Crippen molar-refractivity contribution < 1.29 is 24.1 Å². The van der Waals surface area contributed by atoms with Crippen LogP contribution in [0.3, 0.4) is 0 Å². The monoisotopic (exact) mass is 487 g/mol. The van der Waals surface area contributed by atoms with E-state index in [1.165, 1.54) is 11.1 Å². The topological polar surface area (TPSA) is 77.9 Å². The summed E-state index contributed by atoms with van der Waals surface area (Å²) in [5.74, 6) is 1.24. The van der Waals surface area contributed by atoms with Gasteiger partial charge in [0, 0.05) is 17.5 Å². The van der Waals surface area contributed by atoms with Crippen LogP contribution in [0.4, 0.5) is 0 Å². The first-order chi connectivity index (χ1) is 17.5. The van der Waals surface area contributed by atoms with Crippen LogP contribution >= 0.6 is 0 Å². The van der Waals surface area contributed by atoms with Crippen LogP contribution in [-0.4, -0.2) is 30.0 Å². The highest BCUT2D eigenvalue weighted by Gasteiger charge is 2.36. The molecular formula is C30H33NO5.